The number of halogens is 3. The molecule has 1 fully saturated rings. The second kappa shape index (κ2) is 11.8. The maximum absolute atomic E-state index is 12.2. The van der Waals surface area contributed by atoms with E-state index in [2.05, 4.69) is 26.3 Å². The summed E-state index contributed by atoms with van der Waals surface area (Å²) in [6.45, 7) is 3.44. The monoisotopic (exact) mass is 451 g/mol. The van der Waals surface area contributed by atoms with E-state index >= 15 is 0 Å². The van der Waals surface area contributed by atoms with Gasteiger partial charge < -0.3 is 20.1 Å². The van der Waals surface area contributed by atoms with Crippen LogP contribution in [0.5, 0.6) is 0 Å². The van der Waals surface area contributed by atoms with E-state index in [1.807, 2.05) is 18.2 Å². The lowest BCUT2D eigenvalue weighted by Crippen LogP contribution is -2.37. The van der Waals surface area contributed by atoms with Gasteiger partial charge in [0.15, 0.2) is 0 Å². The average molecular weight is 451 g/mol. The molecule has 32 heavy (non-hydrogen) atoms. The van der Waals surface area contributed by atoms with Gasteiger partial charge in [-0.2, -0.15) is 13.2 Å². The summed E-state index contributed by atoms with van der Waals surface area (Å²) in [4.78, 5) is 14.6. The van der Waals surface area contributed by atoms with Crippen LogP contribution in [0.2, 0.25) is 0 Å². The zero-order chi connectivity index (χ0) is 22.8. The fourth-order valence-electron chi connectivity index (χ4n) is 3.34. The van der Waals surface area contributed by atoms with Crippen molar-refractivity contribution in [1.29, 1.82) is 0 Å². The quantitative estimate of drug-likeness (QED) is 0.612. The van der Waals surface area contributed by atoms with Crippen molar-refractivity contribution in [3.63, 3.8) is 0 Å². The van der Waals surface area contributed by atoms with E-state index in [0.29, 0.717) is 18.7 Å². The Labute approximate surface area is 185 Å². The average Bonchev–Trinajstić information content (AvgIpc) is 2.78. The molecule has 1 heterocycles. The summed E-state index contributed by atoms with van der Waals surface area (Å²) in [6, 6.07) is 14.6. The fourth-order valence-corrected chi connectivity index (χ4v) is 3.34. The number of morpholine rings is 1. The van der Waals surface area contributed by atoms with Crippen molar-refractivity contribution < 1.29 is 27.4 Å². The zero-order valence-corrected chi connectivity index (χ0v) is 17.8. The van der Waals surface area contributed by atoms with Crippen LogP contribution in [-0.4, -0.2) is 50.0 Å². The van der Waals surface area contributed by atoms with Gasteiger partial charge in [0, 0.05) is 32.7 Å². The Morgan fingerprint density at radius 2 is 1.56 bits per heavy atom. The molecule has 6 nitrogen and oxygen atoms in total. The van der Waals surface area contributed by atoms with Crippen LogP contribution in [0.4, 0.5) is 18.0 Å². The van der Waals surface area contributed by atoms with Crippen molar-refractivity contribution in [2.75, 3.05) is 32.9 Å². The Morgan fingerprint density at radius 3 is 2.25 bits per heavy atom. The number of nitrogens with one attached hydrogen (secondary N) is 2. The molecular weight excluding hydrogens is 423 g/mol. The van der Waals surface area contributed by atoms with Crippen molar-refractivity contribution in [3.05, 3.63) is 70.8 Å². The number of ether oxygens (including phenoxy) is 2. The number of benzene rings is 2. The Bertz CT molecular complexity index is 854. The minimum absolute atomic E-state index is 0.114. The molecule has 2 aromatic carbocycles. The van der Waals surface area contributed by atoms with Crippen LogP contribution in [0.25, 0.3) is 0 Å². The minimum Gasteiger partial charge on any atom is -0.379 e. The molecule has 2 N–H and O–H groups in total. The van der Waals surface area contributed by atoms with Gasteiger partial charge >= 0.3 is 12.2 Å². The number of hydrogen-bond donors (Lipinski definition) is 2. The van der Waals surface area contributed by atoms with E-state index in [1.54, 1.807) is 24.3 Å². The van der Waals surface area contributed by atoms with Crippen molar-refractivity contribution in [2.24, 2.45) is 0 Å². The number of carbonyl (C=O) groups excluding carboxylic acids is 1. The van der Waals surface area contributed by atoms with Gasteiger partial charge in [0.2, 0.25) is 0 Å². The Hall–Kier alpha value is -2.62. The highest BCUT2D eigenvalue weighted by Crippen LogP contribution is 2.16. The van der Waals surface area contributed by atoms with Gasteiger partial charge in [-0.1, -0.05) is 48.5 Å². The summed E-state index contributed by atoms with van der Waals surface area (Å²) < 4.78 is 46.4. The molecule has 1 saturated heterocycles. The number of urea groups is 1. The summed E-state index contributed by atoms with van der Waals surface area (Å²) in [5.41, 5.74) is 3.72. The molecule has 9 heteroatoms. The first-order valence-electron chi connectivity index (χ1n) is 10.5. The summed E-state index contributed by atoms with van der Waals surface area (Å²) >= 11 is 0. The van der Waals surface area contributed by atoms with Gasteiger partial charge in [-0.05, 0) is 22.3 Å². The molecule has 0 bridgehead atoms. The largest absolute Gasteiger partial charge is 0.411 e. The van der Waals surface area contributed by atoms with E-state index in [1.165, 1.54) is 5.56 Å². The highest BCUT2D eigenvalue weighted by Gasteiger charge is 2.27. The maximum Gasteiger partial charge on any atom is 0.411 e. The molecule has 0 aromatic heterocycles. The number of hydrogen-bond acceptors (Lipinski definition) is 4. The molecule has 0 saturated carbocycles. The molecule has 0 aliphatic carbocycles. The van der Waals surface area contributed by atoms with Crippen LogP contribution in [0, 0.1) is 0 Å². The Balaban J connectivity index is 1.41. The van der Waals surface area contributed by atoms with E-state index in [-0.39, 0.29) is 12.6 Å². The predicted octanol–water partition coefficient (Wildman–Crippen LogP) is 3.60. The van der Waals surface area contributed by atoms with Crippen LogP contribution in [-0.2, 0) is 35.7 Å². The summed E-state index contributed by atoms with van der Waals surface area (Å²) in [6.07, 6.45) is -4.33. The normalized spacial score (nSPS) is 14.8. The van der Waals surface area contributed by atoms with Crippen LogP contribution >= 0.6 is 0 Å². The third kappa shape index (κ3) is 8.49. The van der Waals surface area contributed by atoms with Gasteiger partial charge in [0.25, 0.3) is 0 Å². The molecule has 0 atom stereocenters. The molecule has 0 radical (unpaired) electrons. The summed E-state index contributed by atoms with van der Waals surface area (Å²) in [7, 11) is 0. The Kier molecular flexibility index (Phi) is 8.90. The standard InChI is InChI=1S/C23H28F3N3O3/c24-23(25,26)17-32-16-19-7-5-18(6-8-19)13-27-22(30)28-14-20-3-1-2-4-21(20)15-29-9-11-31-12-10-29/h1-8H,9-17H2,(H2,27,28,30). The van der Waals surface area contributed by atoms with Gasteiger partial charge in [-0.25, -0.2) is 4.79 Å². The highest BCUT2D eigenvalue weighted by molar-refractivity contribution is 5.73. The maximum atomic E-state index is 12.2. The first kappa shape index (κ1) is 24.0. The lowest BCUT2D eigenvalue weighted by Gasteiger charge is -2.27. The van der Waals surface area contributed by atoms with E-state index in [9.17, 15) is 18.0 Å². The fraction of sp³-hybridized carbons (Fsp3) is 0.435. The van der Waals surface area contributed by atoms with Gasteiger partial charge in [0.05, 0.1) is 19.8 Å². The van der Waals surface area contributed by atoms with Crippen molar-refractivity contribution >= 4 is 6.03 Å². The highest BCUT2D eigenvalue weighted by atomic mass is 19.4. The second-order valence-corrected chi connectivity index (χ2v) is 7.62. The molecule has 0 unspecified atom stereocenters. The molecule has 3 rings (SSSR count). The minimum atomic E-state index is -4.33. The third-order valence-electron chi connectivity index (χ3n) is 5.07. The molecule has 1 aliphatic rings. The van der Waals surface area contributed by atoms with Gasteiger partial charge in [-0.15, -0.1) is 0 Å². The molecule has 174 valence electrons. The first-order valence-corrected chi connectivity index (χ1v) is 10.5. The van der Waals surface area contributed by atoms with Gasteiger partial charge in [0.1, 0.15) is 6.61 Å². The second-order valence-electron chi connectivity index (χ2n) is 7.62. The van der Waals surface area contributed by atoms with Crippen molar-refractivity contribution in [3.8, 4) is 0 Å². The Morgan fingerprint density at radius 1 is 0.938 bits per heavy atom. The number of rotatable bonds is 9. The topological polar surface area (TPSA) is 62.8 Å². The third-order valence-corrected chi connectivity index (χ3v) is 5.07. The van der Waals surface area contributed by atoms with Crippen LogP contribution in [0.3, 0.4) is 0 Å². The lowest BCUT2D eigenvalue weighted by atomic mass is 10.1. The smallest absolute Gasteiger partial charge is 0.379 e. The SMILES string of the molecule is O=C(NCc1ccc(COCC(F)(F)F)cc1)NCc1ccccc1CN1CCOCC1. The van der Waals surface area contributed by atoms with Crippen molar-refractivity contribution in [2.45, 2.75) is 32.4 Å². The number of alkyl halides is 3. The molecule has 2 aromatic rings. The van der Waals surface area contributed by atoms with Crippen LogP contribution < -0.4 is 10.6 Å². The number of amides is 2. The van der Waals surface area contributed by atoms with Crippen LogP contribution in [0.15, 0.2) is 48.5 Å². The first-order chi connectivity index (χ1) is 15.4. The summed E-state index contributed by atoms with van der Waals surface area (Å²) in [5.74, 6) is 0. The zero-order valence-electron chi connectivity index (χ0n) is 17.8. The van der Waals surface area contributed by atoms with E-state index in [4.69, 9.17) is 4.74 Å². The summed E-state index contributed by atoms with van der Waals surface area (Å²) in [5, 5.41) is 5.68. The molecule has 0 spiro atoms. The molecular formula is C23H28F3N3O3. The lowest BCUT2D eigenvalue weighted by molar-refractivity contribution is -0.176. The molecule has 2 amide bonds. The van der Waals surface area contributed by atoms with Crippen LogP contribution in [0.1, 0.15) is 22.3 Å². The van der Waals surface area contributed by atoms with Gasteiger partial charge in [-0.3, -0.25) is 4.90 Å². The van der Waals surface area contributed by atoms with E-state index < -0.39 is 12.8 Å². The predicted molar refractivity (Wildman–Crippen MR) is 114 cm³/mol. The van der Waals surface area contributed by atoms with E-state index in [0.717, 1.165) is 44.0 Å². The number of carbonyl (C=O) groups is 1. The molecule has 1 aliphatic heterocycles. The van der Waals surface area contributed by atoms with Crippen molar-refractivity contribution in [1.82, 2.24) is 15.5 Å². The number of nitrogens with zero attached hydrogens (tertiary/aromatic N) is 1.